The van der Waals surface area contributed by atoms with Crippen molar-refractivity contribution in [2.75, 3.05) is 31.6 Å². The minimum absolute atomic E-state index is 0.0889. The van der Waals surface area contributed by atoms with E-state index in [-0.39, 0.29) is 18.7 Å². The first-order chi connectivity index (χ1) is 12.2. The summed E-state index contributed by atoms with van der Waals surface area (Å²) < 4.78 is 5.36. The molecule has 0 aromatic heterocycles. The fourth-order valence-corrected chi connectivity index (χ4v) is 2.56. The predicted octanol–water partition coefficient (Wildman–Crippen LogP) is 2.31. The number of hydrogen-bond acceptors (Lipinski definition) is 3. The number of nitrogens with one attached hydrogen (secondary N) is 1. The molecular weight excluding hydrogens is 316 g/mol. The molecule has 0 unspecified atom stereocenters. The van der Waals surface area contributed by atoms with Gasteiger partial charge in [0.25, 0.3) is 0 Å². The number of anilines is 1. The van der Waals surface area contributed by atoms with E-state index in [0.29, 0.717) is 25.4 Å². The minimum Gasteiger partial charge on any atom is -0.394 e. The summed E-state index contributed by atoms with van der Waals surface area (Å²) in [5.41, 5.74) is 2.47. The zero-order valence-electron chi connectivity index (χ0n) is 13.8. The highest BCUT2D eigenvalue weighted by molar-refractivity contribution is 5.89. The number of hydrogen-bond donors (Lipinski definition) is 2. The van der Waals surface area contributed by atoms with Crippen LogP contribution in [0.25, 0.3) is 0 Å². The molecule has 0 aliphatic carbocycles. The molecular formula is C20H20N2O3. The van der Waals surface area contributed by atoms with Crippen LogP contribution in [-0.2, 0) is 4.74 Å². The van der Waals surface area contributed by atoms with Gasteiger partial charge in [0.2, 0.25) is 0 Å². The van der Waals surface area contributed by atoms with Gasteiger partial charge in [-0.3, -0.25) is 0 Å². The Morgan fingerprint density at radius 2 is 1.92 bits per heavy atom. The van der Waals surface area contributed by atoms with Crippen LogP contribution in [0.3, 0.4) is 0 Å². The molecule has 2 aromatic carbocycles. The smallest absolute Gasteiger partial charge is 0.322 e. The van der Waals surface area contributed by atoms with Crippen LogP contribution < -0.4 is 5.32 Å². The summed E-state index contributed by atoms with van der Waals surface area (Å²) in [6.07, 6.45) is -0.317. The van der Waals surface area contributed by atoms with Gasteiger partial charge in [-0.05, 0) is 30.3 Å². The monoisotopic (exact) mass is 336 g/mol. The Hall–Kier alpha value is -2.81. The molecule has 1 saturated heterocycles. The first-order valence-electron chi connectivity index (χ1n) is 8.20. The summed E-state index contributed by atoms with van der Waals surface area (Å²) in [5.74, 6) is 6.20. The zero-order valence-corrected chi connectivity index (χ0v) is 13.8. The van der Waals surface area contributed by atoms with E-state index < -0.39 is 0 Å². The van der Waals surface area contributed by atoms with Crippen molar-refractivity contribution >= 4 is 11.7 Å². The van der Waals surface area contributed by atoms with E-state index in [1.807, 2.05) is 54.6 Å². The highest BCUT2D eigenvalue weighted by Gasteiger charge is 2.23. The van der Waals surface area contributed by atoms with Crippen molar-refractivity contribution in [3.05, 3.63) is 65.7 Å². The van der Waals surface area contributed by atoms with Crippen molar-refractivity contribution in [2.24, 2.45) is 0 Å². The highest BCUT2D eigenvalue weighted by Crippen LogP contribution is 2.13. The summed E-state index contributed by atoms with van der Waals surface area (Å²) in [6, 6.07) is 17.0. The molecule has 2 aromatic rings. The maximum absolute atomic E-state index is 12.4. The van der Waals surface area contributed by atoms with Crippen molar-refractivity contribution in [2.45, 2.75) is 6.10 Å². The van der Waals surface area contributed by atoms with Crippen molar-refractivity contribution in [1.82, 2.24) is 4.90 Å². The molecule has 25 heavy (non-hydrogen) atoms. The van der Waals surface area contributed by atoms with Gasteiger partial charge in [-0.2, -0.15) is 0 Å². The number of carbonyl (C=O) groups is 1. The number of aliphatic hydroxyl groups excluding tert-OH is 1. The SMILES string of the molecule is O=C(Nc1cccc(C#Cc2ccccc2)c1)N1CCO[C@@H](CO)C1. The van der Waals surface area contributed by atoms with E-state index in [0.717, 1.165) is 11.1 Å². The standard InChI is InChI=1S/C20H20N2O3/c23-15-19-14-22(11-12-25-19)20(24)21-18-8-4-7-17(13-18)10-9-16-5-2-1-3-6-16/h1-8,13,19,23H,11-12,14-15H2,(H,21,24)/t19-/m1/s1. The summed E-state index contributed by atoms with van der Waals surface area (Å²) in [4.78, 5) is 14.0. The van der Waals surface area contributed by atoms with Crippen LogP contribution in [0.2, 0.25) is 0 Å². The van der Waals surface area contributed by atoms with Crippen LogP contribution in [0.5, 0.6) is 0 Å². The van der Waals surface area contributed by atoms with Gasteiger partial charge in [0.05, 0.1) is 25.9 Å². The third-order valence-electron chi connectivity index (χ3n) is 3.87. The van der Waals surface area contributed by atoms with Crippen molar-refractivity contribution < 1.29 is 14.6 Å². The number of rotatable bonds is 2. The predicted molar refractivity (Wildman–Crippen MR) is 96.3 cm³/mol. The van der Waals surface area contributed by atoms with E-state index in [1.165, 1.54) is 0 Å². The maximum Gasteiger partial charge on any atom is 0.322 e. The van der Waals surface area contributed by atoms with Gasteiger partial charge >= 0.3 is 6.03 Å². The lowest BCUT2D eigenvalue weighted by Gasteiger charge is -2.32. The molecule has 0 radical (unpaired) electrons. The van der Waals surface area contributed by atoms with E-state index >= 15 is 0 Å². The number of ether oxygens (including phenoxy) is 1. The molecule has 1 atom stereocenters. The molecule has 0 spiro atoms. The molecule has 2 N–H and O–H groups in total. The second kappa shape index (κ2) is 8.34. The lowest BCUT2D eigenvalue weighted by molar-refractivity contribution is -0.0388. The molecule has 3 rings (SSSR count). The number of carbonyl (C=O) groups excluding carboxylic acids is 1. The number of aliphatic hydroxyl groups is 1. The maximum atomic E-state index is 12.4. The molecule has 0 bridgehead atoms. The molecule has 1 heterocycles. The van der Waals surface area contributed by atoms with Gasteiger partial charge in [0.15, 0.2) is 0 Å². The van der Waals surface area contributed by atoms with E-state index in [2.05, 4.69) is 17.2 Å². The summed E-state index contributed by atoms with van der Waals surface area (Å²) >= 11 is 0. The number of nitrogens with zero attached hydrogens (tertiary/aromatic N) is 1. The Morgan fingerprint density at radius 1 is 1.16 bits per heavy atom. The normalized spacial score (nSPS) is 16.7. The van der Waals surface area contributed by atoms with Gasteiger partial charge < -0.3 is 20.1 Å². The lowest BCUT2D eigenvalue weighted by atomic mass is 10.1. The van der Waals surface area contributed by atoms with Crippen LogP contribution >= 0.6 is 0 Å². The van der Waals surface area contributed by atoms with E-state index in [9.17, 15) is 9.90 Å². The average Bonchev–Trinajstić information content (AvgIpc) is 2.67. The third-order valence-corrected chi connectivity index (χ3v) is 3.87. The first-order valence-corrected chi connectivity index (χ1v) is 8.20. The minimum atomic E-state index is -0.317. The number of morpholine rings is 1. The van der Waals surface area contributed by atoms with Gasteiger partial charge in [-0.1, -0.05) is 36.1 Å². The van der Waals surface area contributed by atoms with Gasteiger partial charge in [0.1, 0.15) is 0 Å². The van der Waals surface area contributed by atoms with Crippen LogP contribution in [0, 0.1) is 11.8 Å². The molecule has 1 aliphatic rings. The first kappa shape index (κ1) is 17.0. The Bertz CT molecular complexity index is 780. The summed E-state index contributed by atoms with van der Waals surface area (Å²) in [5, 5.41) is 12.0. The molecule has 1 fully saturated rings. The van der Waals surface area contributed by atoms with Crippen LogP contribution in [-0.4, -0.2) is 48.4 Å². The van der Waals surface area contributed by atoms with Crippen molar-refractivity contribution in [1.29, 1.82) is 0 Å². The second-order valence-electron chi connectivity index (χ2n) is 5.75. The number of benzene rings is 2. The fraction of sp³-hybridized carbons (Fsp3) is 0.250. The molecule has 5 nitrogen and oxygen atoms in total. The fourth-order valence-electron chi connectivity index (χ4n) is 2.56. The van der Waals surface area contributed by atoms with E-state index in [1.54, 1.807) is 4.90 Å². The Morgan fingerprint density at radius 3 is 2.72 bits per heavy atom. The molecule has 0 saturated carbocycles. The summed E-state index contributed by atoms with van der Waals surface area (Å²) in [6.45, 7) is 1.24. The number of amides is 2. The highest BCUT2D eigenvalue weighted by atomic mass is 16.5. The third kappa shape index (κ3) is 4.83. The quantitative estimate of drug-likeness (QED) is 0.828. The Labute approximate surface area is 147 Å². The zero-order chi connectivity index (χ0) is 17.5. The van der Waals surface area contributed by atoms with Gasteiger partial charge in [-0.25, -0.2) is 4.79 Å². The topological polar surface area (TPSA) is 61.8 Å². The average molecular weight is 336 g/mol. The molecule has 2 amide bonds. The van der Waals surface area contributed by atoms with Crippen LogP contribution in [0.4, 0.5) is 10.5 Å². The number of urea groups is 1. The lowest BCUT2D eigenvalue weighted by Crippen LogP contribution is -2.48. The molecule has 1 aliphatic heterocycles. The Kier molecular flexibility index (Phi) is 5.68. The van der Waals surface area contributed by atoms with Gasteiger partial charge in [0, 0.05) is 23.4 Å². The van der Waals surface area contributed by atoms with Crippen molar-refractivity contribution in [3.8, 4) is 11.8 Å². The van der Waals surface area contributed by atoms with Crippen LogP contribution in [0.15, 0.2) is 54.6 Å². The van der Waals surface area contributed by atoms with Crippen molar-refractivity contribution in [3.63, 3.8) is 0 Å². The van der Waals surface area contributed by atoms with Gasteiger partial charge in [-0.15, -0.1) is 0 Å². The molecule has 128 valence electrons. The second-order valence-corrected chi connectivity index (χ2v) is 5.75. The molecule has 5 heteroatoms. The van der Waals surface area contributed by atoms with Crippen LogP contribution in [0.1, 0.15) is 11.1 Å². The summed E-state index contributed by atoms with van der Waals surface area (Å²) in [7, 11) is 0. The largest absolute Gasteiger partial charge is 0.394 e. The van der Waals surface area contributed by atoms with E-state index in [4.69, 9.17) is 4.74 Å². The Balaban J connectivity index is 1.65.